The molecule has 1 fully saturated rings. The van der Waals surface area contributed by atoms with Crippen molar-refractivity contribution >= 4 is 5.91 Å². The van der Waals surface area contributed by atoms with Crippen LogP contribution in [0.3, 0.4) is 0 Å². The van der Waals surface area contributed by atoms with Crippen LogP contribution in [-0.2, 0) is 4.79 Å². The second-order valence-corrected chi connectivity index (χ2v) is 4.58. The monoisotopic (exact) mass is 194 g/mol. The first-order valence-corrected chi connectivity index (χ1v) is 5.24. The number of hydrogen-bond acceptors (Lipinski definition) is 2. The topological polar surface area (TPSA) is 44.1 Å². The standard InChI is InChI=1S/C11H18N2O/c1-11(2,9-12)6-8-13-7-4-3-5-10(13)14/h3-8H2,1-2H3. The number of hydrogen-bond donors (Lipinski definition) is 0. The molecule has 1 amide bonds. The number of piperidine rings is 1. The average Bonchev–Trinajstić information content (AvgIpc) is 2.17. The van der Waals surface area contributed by atoms with Crippen LogP contribution in [0.25, 0.3) is 0 Å². The number of likely N-dealkylation sites (tertiary alicyclic amines) is 1. The summed E-state index contributed by atoms with van der Waals surface area (Å²) in [5, 5.41) is 8.84. The number of amides is 1. The zero-order valence-electron chi connectivity index (χ0n) is 9.05. The molecule has 0 N–H and O–H groups in total. The number of rotatable bonds is 3. The third-order valence-electron chi connectivity index (χ3n) is 2.73. The highest BCUT2D eigenvalue weighted by atomic mass is 16.2. The molecule has 0 saturated carbocycles. The van der Waals surface area contributed by atoms with E-state index in [1.165, 1.54) is 0 Å². The minimum atomic E-state index is -0.308. The molecule has 1 rings (SSSR count). The van der Waals surface area contributed by atoms with Gasteiger partial charge in [0.05, 0.1) is 11.5 Å². The van der Waals surface area contributed by atoms with Crippen LogP contribution in [0, 0.1) is 16.7 Å². The molecule has 3 nitrogen and oxygen atoms in total. The van der Waals surface area contributed by atoms with E-state index in [1.54, 1.807) is 0 Å². The highest BCUT2D eigenvalue weighted by molar-refractivity contribution is 5.76. The molecular formula is C11H18N2O. The van der Waals surface area contributed by atoms with Gasteiger partial charge < -0.3 is 4.90 Å². The SMILES string of the molecule is CC(C)(C#N)CCN1CCCCC1=O. The van der Waals surface area contributed by atoms with Gasteiger partial charge in [-0.05, 0) is 33.1 Å². The molecule has 1 aliphatic heterocycles. The van der Waals surface area contributed by atoms with Crippen LogP contribution >= 0.6 is 0 Å². The summed E-state index contributed by atoms with van der Waals surface area (Å²) in [5.41, 5.74) is -0.308. The second kappa shape index (κ2) is 4.45. The first kappa shape index (κ1) is 11.0. The van der Waals surface area contributed by atoms with Crippen LogP contribution in [0.1, 0.15) is 39.5 Å². The fourth-order valence-corrected chi connectivity index (χ4v) is 1.57. The van der Waals surface area contributed by atoms with Crippen LogP contribution in [-0.4, -0.2) is 23.9 Å². The van der Waals surface area contributed by atoms with E-state index >= 15 is 0 Å². The molecule has 0 aromatic carbocycles. The predicted molar refractivity (Wildman–Crippen MR) is 54.4 cm³/mol. The molecule has 78 valence electrons. The third kappa shape index (κ3) is 3.02. The van der Waals surface area contributed by atoms with Crippen molar-refractivity contribution in [2.75, 3.05) is 13.1 Å². The third-order valence-corrected chi connectivity index (χ3v) is 2.73. The molecule has 0 bridgehead atoms. The maximum Gasteiger partial charge on any atom is 0.222 e. The van der Waals surface area contributed by atoms with E-state index in [0.717, 1.165) is 32.4 Å². The molecular weight excluding hydrogens is 176 g/mol. The van der Waals surface area contributed by atoms with Crippen LogP contribution in [0.2, 0.25) is 0 Å². The van der Waals surface area contributed by atoms with Crippen molar-refractivity contribution in [2.24, 2.45) is 5.41 Å². The van der Waals surface area contributed by atoms with E-state index in [4.69, 9.17) is 5.26 Å². The van der Waals surface area contributed by atoms with Crippen LogP contribution in [0.15, 0.2) is 0 Å². The quantitative estimate of drug-likeness (QED) is 0.689. The van der Waals surface area contributed by atoms with Gasteiger partial charge in [-0.25, -0.2) is 0 Å². The summed E-state index contributed by atoms with van der Waals surface area (Å²) in [7, 11) is 0. The van der Waals surface area contributed by atoms with Crippen molar-refractivity contribution in [2.45, 2.75) is 39.5 Å². The highest BCUT2D eigenvalue weighted by Gasteiger charge is 2.22. The van der Waals surface area contributed by atoms with Gasteiger partial charge in [-0.2, -0.15) is 5.26 Å². The highest BCUT2D eigenvalue weighted by Crippen LogP contribution is 2.20. The number of nitriles is 1. The van der Waals surface area contributed by atoms with Crippen LogP contribution in [0.4, 0.5) is 0 Å². The Morgan fingerprint density at radius 2 is 2.21 bits per heavy atom. The van der Waals surface area contributed by atoms with E-state index in [1.807, 2.05) is 18.7 Å². The van der Waals surface area contributed by atoms with E-state index in [0.29, 0.717) is 6.42 Å². The van der Waals surface area contributed by atoms with Gasteiger partial charge in [0.2, 0.25) is 5.91 Å². The van der Waals surface area contributed by atoms with Crippen molar-refractivity contribution < 1.29 is 4.79 Å². The molecule has 0 radical (unpaired) electrons. The molecule has 0 spiro atoms. The largest absolute Gasteiger partial charge is 0.343 e. The van der Waals surface area contributed by atoms with Gasteiger partial charge in [0.25, 0.3) is 0 Å². The molecule has 0 unspecified atom stereocenters. The van der Waals surface area contributed by atoms with Crippen molar-refractivity contribution in [3.05, 3.63) is 0 Å². The van der Waals surface area contributed by atoms with E-state index in [2.05, 4.69) is 6.07 Å². The zero-order valence-corrected chi connectivity index (χ0v) is 9.05. The molecule has 0 aromatic rings. The number of carbonyl (C=O) groups excluding carboxylic acids is 1. The van der Waals surface area contributed by atoms with Gasteiger partial charge in [0, 0.05) is 19.5 Å². The van der Waals surface area contributed by atoms with Crippen molar-refractivity contribution in [1.29, 1.82) is 5.26 Å². The normalized spacial score (nSPS) is 18.1. The maximum atomic E-state index is 11.4. The first-order valence-electron chi connectivity index (χ1n) is 5.24. The lowest BCUT2D eigenvalue weighted by atomic mass is 9.91. The number of carbonyl (C=O) groups is 1. The Bertz CT molecular complexity index is 253. The van der Waals surface area contributed by atoms with E-state index < -0.39 is 0 Å². The average molecular weight is 194 g/mol. The van der Waals surface area contributed by atoms with Gasteiger partial charge >= 0.3 is 0 Å². The van der Waals surface area contributed by atoms with Gasteiger partial charge in [0.1, 0.15) is 0 Å². The van der Waals surface area contributed by atoms with Gasteiger partial charge in [-0.15, -0.1) is 0 Å². The summed E-state index contributed by atoms with van der Waals surface area (Å²) in [6, 6.07) is 2.26. The summed E-state index contributed by atoms with van der Waals surface area (Å²) < 4.78 is 0. The lowest BCUT2D eigenvalue weighted by molar-refractivity contribution is -0.133. The Labute approximate surface area is 85.7 Å². The molecule has 14 heavy (non-hydrogen) atoms. The fourth-order valence-electron chi connectivity index (χ4n) is 1.57. The Morgan fingerprint density at radius 1 is 1.50 bits per heavy atom. The molecule has 0 atom stereocenters. The summed E-state index contributed by atoms with van der Waals surface area (Å²) >= 11 is 0. The first-order chi connectivity index (χ1) is 6.55. The lowest BCUT2D eigenvalue weighted by Gasteiger charge is -2.28. The van der Waals surface area contributed by atoms with Gasteiger partial charge in [-0.1, -0.05) is 0 Å². The Morgan fingerprint density at radius 3 is 2.79 bits per heavy atom. The fraction of sp³-hybridized carbons (Fsp3) is 0.818. The Hall–Kier alpha value is -1.04. The van der Waals surface area contributed by atoms with Crippen molar-refractivity contribution in [1.82, 2.24) is 4.90 Å². The minimum absolute atomic E-state index is 0.255. The molecule has 1 aliphatic rings. The molecule has 1 saturated heterocycles. The molecule has 0 aliphatic carbocycles. The molecule has 1 heterocycles. The van der Waals surface area contributed by atoms with Crippen molar-refractivity contribution in [3.63, 3.8) is 0 Å². The Balaban J connectivity index is 2.37. The van der Waals surface area contributed by atoms with Crippen molar-refractivity contribution in [3.8, 4) is 6.07 Å². The van der Waals surface area contributed by atoms with Gasteiger partial charge in [-0.3, -0.25) is 4.79 Å². The van der Waals surface area contributed by atoms with E-state index in [9.17, 15) is 4.79 Å². The maximum absolute atomic E-state index is 11.4. The van der Waals surface area contributed by atoms with Crippen LogP contribution in [0.5, 0.6) is 0 Å². The predicted octanol–water partition coefficient (Wildman–Crippen LogP) is 1.94. The summed E-state index contributed by atoms with van der Waals surface area (Å²) in [5.74, 6) is 0.255. The molecule has 0 aromatic heterocycles. The smallest absolute Gasteiger partial charge is 0.222 e. The second-order valence-electron chi connectivity index (χ2n) is 4.58. The Kier molecular flexibility index (Phi) is 3.51. The summed E-state index contributed by atoms with van der Waals surface area (Å²) in [4.78, 5) is 13.3. The van der Waals surface area contributed by atoms with Crippen LogP contribution < -0.4 is 0 Å². The number of nitrogens with zero attached hydrogens (tertiary/aromatic N) is 2. The zero-order chi connectivity index (χ0) is 10.6. The lowest BCUT2D eigenvalue weighted by Crippen LogP contribution is -2.37. The molecule has 3 heteroatoms. The summed E-state index contributed by atoms with van der Waals surface area (Å²) in [6.45, 7) is 5.45. The van der Waals surface area contributed by atoms with Gasteiger partial charge in [0.15, 0.2) is 0 Å². The van der Waals surface area contributed by atoms with E-state index in [-0.39, 0.29) is 11.3 Å². The summed E-state index contributed by atoms with van der Waals surface area (Å²) in [6.07, 6.45) is 3.60. The minimum Gasteiger partial charge on any atom is -0.343 e.